The molecule has 23 nitrogen and oxygen atoms in total. The van der Waals surface area contributed by atoms with E-state index in [0.717, 1.165) is 17.5 Å². The fourth-order valence-electron chi connectivity index (χ4n) is 4.89. The Balaban J connectivity index is 1.55. The molecule has 9 N–H and O–H groups in total. The largest absolute Gasteiger partial charge is 0.493 e. The number of aliphatic hydroxyl groups excluding tert-OH is 2. The van der Waals surface area contributed by atoms with Crippen LogP contribution in [0, 0.1) is 11.5 Å². The molecule has 0 fully saturated rings. The highest BCUT2D eigenvalue weighted by Gasteiger charge is 2.25. The topological polar surface area (TPSA) is 380 Å². The highest BCUT2D eigenvalue weighted by molar-refractivity contribution is 7.94. The maximum Gasteiger partial charge on any atom is 0.296 e. The molecule has 0 saturated carbocycles. The van der Waals surface area contributed by atoms with E-state index in [-0.39, 0.29) is 51.8 Å². The van der Waals surface area contributed by atoms with E-state index in [2.05, 4.69) is 52.1 Å². The SMILES string of the molecule is C=CS(=O)(=O)CCN=C(O)c1cccc(N=c2nc(F)[nH]c(=Nc3ccc(N=Nc4cc5c(S(=O)(=O)O)cc(S(=O)(=O)O)cc5cc4S(=O)(=O)O)c(NC(=N)O)c3)[nH]2)c1. The molecule has 1 aromatic heterocycles. The number of aromatic amines is 2. The number of amidine groups is 1. The molecule has 59 heavy (non-hydrogen) atoms. The van der Waals surface area contributed by atoms with Gasteiger partial charge in [-0.05, 0) is 66.0 Å². The summed E-state index contributed by atoms with van der Waals surface area (Å²) in [6.45, 7) is 2.94. The number of fused-ring (bicyclic) bond motifs is 1. The van der Waals surface area contributed by atoms with E-state index in [1.807, 2.05) is 0 Å². The number of anilines is 1. The van der Waals surface area contributed by atoms with Crippen LogP contribution >= 0.6 is 0 Å². The van der Waals surface area contributed by atoms with E-state index >= 15 is 0 Å². The summed E-state index contributed by atoms with van der Waals surface area (Å²) in [7, 11) is -19.1. The van der Waals surface area contributed by atoms with Gasteiger partial charge in [0.05, 0.1) is 34.3 Å². The van der Waals surface area contributed by atoms with Crippen LogP contribution in [0.2, 0.25) is 0 Å². The second-order valence-corrected chi connectivity index (χ2v) is 17.9. The molecule has 4 aromatic carbocycles. The number of nitrogens with one attached hydrogen (secondary N) is 4. The first-order valence-corrected chi connectivity index (χ1v) is 21.7. The molecule has 0 radical (unpaired) electrons. The van der Waals surface area contributed by atoms with Crippen molar-refractivity contribution < 1.29 is 61.9 Å². The lowest BCUT2D eigenvalue weighted by atomic mass is 10.1. The first kappa shape index (κ1) is 43.6. The summed E-state index contributed by atoms with van der Waals surface area (Å²) < 4.78 is 139. The molecule has 0 unspecified atom stereocenters. The van der Waals surface area contributed by atoms with Crippen LogP contribution in [0.1, 0.15) is 5.56 Å². The van der Waals surface area contributed by atoms with Crippen LogP contribution in [-0.2, 0) is 40.2 Å². The summed E-state index contributed by atoms with van der Waals surface area (Å²) >= 11 is 0. The molecule has 0 bridgehead atoms. The highest BCUT2D eigenvalue weighted by Crippen LogP contribution is 2.37. The fraction of sp³-hybridized carbons (Fsp3) is 0.0645. The van der Waals surface area contributed by atoms with Crippen molar-refractivity contribution in [1.29, 1.82) is 5.41 Å². The Hall–Kier alpha value is -6.56. The molecular formula is C31H27FN10O13S4. The number of hydrogen-bond donors (Lipinski definition) is 9. The lowest BCUT2D eigenvalue weighted by molar-refractivity contribution is 0.480. The molecule has 5 rings (SSSR count). The number of H-pyrrole nitrogens is 2. The van der Waals surface area contributed by atoms with Crippen LogP contribution in [0.4, 0.5) is 32.8 Å². The Kier molecular flexibility index (Phi) is 12.4. The van der Waals surface area contributed by atoms with Gasteiger partial charge >= 0.3 is 0 Å². The first-order valence-electron chi connectivity index (χ1n) is 15.7. The van der Waals surface area contributed by atoms with Crippen molar-refractivity contribution in [3.63, 3.8) is 0 Å². The number of aliphatic imine (C=N–C) groups is 1. The van der Waals surface area contributed by atoms with Crippen molar-refractivity contribution in [1.82, 2.24) is 15.0 Å². The Labute approximate surface area is 331 Å². The van der Waals surface area contributed by atoms with Crippen molar-refractivity contribution >= 4 is 91.3 Å². The van der Waals surface area contributed by atoms with Gasteiger partial charge in [0.2, 0.25) is 17.1 Å². The maximum absolute atomic E-state index is 14.6. The quantitative estimate of drug-likeness (QED) is 0.0354. The van der Waals surface area contributed by atoms with Crippen LogP contribution in [0.5, 0.6) is 0 Å². The standard InChI is InChI=1S/C31H27FN10O13S4/c1-2-56(45,46)9-8-34-27(43)16-4-3-5-18(10-16)35-30-38-28(32)39-31(40-30)36-19-6-7-22(23(13-19)37-29(33)44)41-42-24-15-21-17(12-26(24)59(53,54)55)11-20(57(47,48)49)14-25(21)58(50,51)52/h2-7,10-15H,1,8-9H2,(H,34,43)(H3,33,37,44)(H,47,48,49)(H,50,51,52)(H,53,54,55)(H2,35,36,38,39,40). The number of aromatic nitrogens is 3. The molecular weight excluding hydrogens is 868 g/mol. The predicted octanol–water partition coefficient (Wildman–Crippen LogP) is 3.42. The molecule has 0 amide bonds. The zero-order valence-electron chi connectivity index (χ0n) is 29.2. The lowest BCUT2D eigenvalue weighted by Crippen LogP contribution is -2.28. The first-order chi connectivity index (χ1) is 27.4. The van der Waals surface area contributed by atoms with Crippen molar-refractivity contribution in [3.05, 3.63) is 102 Å². The molecule has 0 aliphatic rings. The molecule has 1 heterocycles. The maximum atomic E-state index is 14.6. The molecule has 0 saturated heterocycles. The lowest BCUT2D eigenvalue weighted by Gasteiger charge is -2.10. The van der Waals surface area contributed by atoms with Crippen molar-refractivity contribution in [2.75, 3.05) is 17.6 Å². The molecule has 28 heteroatoms. The van der Waals surface area contributed by atoms with Crippen LogP contribution in [-0.4, -0.2) is 96.7 Å². The van der Waals surface area contributed by atoms with Gasteiger partial charge in [-0.1, -0.05) is 12.6 Å². The van der Waals surface area contributed by atoms with Crippen molar-refractivity contribution in [3.8, 4) is 0 Å². The average Bonchev–Trinajstić information content (AvgIpc) is 3.12. The third-order valence-corrected chi connectivity index (χ3v) is 11.3. The minimum atomic E-state index is -5.23. The number of benzene rings is 4. The highest BCUT2D eigenvalue weighted by atomic mass is 32.2. The smallest absolute Gasteiger partial charge is 0.296 e. The van der Waals surface area contributed by atoms with Gasteiger partial charge in [-0.25, -0.2) is 18.4 Å². The van der Waals surface area contributed by atoms with Crippen LogP contribution in [0.3, 0.4) is 0 Å². The van der Waals surface area contributed by atoms with Gasteiger partial charge in [-0.15, -0.1) is 10.2 Å². The molecule has 0 atom stereocenters. The van der Waals surface area contributed by atoms with E-state index in [1.165, 1.54) is 36.4 Å². The third kappa shape index (κ3) is 11.3. The van der Waals surface area contributed by atoms with Crippen LogP contribution < -0.4 is 16.6 Å². The van der Waals surface area contributed by atoms with Gasteiger partial charge in [0.1, 0.15) is 21.2 Å². The Morgan fingerprint density at radius 2 is 1.49 bits per heavy atom. The number of aliphatic hydroxyl groups is 2. The second-order valence-electron chi connectivity index (χ2n) is 11.6. The second kappa shape index (κ2) is 16.7. The van der Waals surface area contributed by atoms with Gasteiger partial charge < -0.3 is 15.5 Å². The van der Waals surface area contributed by atoms with E-state index < -0.39 is 89.3 Å². The van der Waals surface area contributed by atoms with Gasteiger partial charge in [0.15, 0.2) is 9.84 Å². The number of halogens is 1. The van der Waals surface area contributed by atoms with Gasteiger partial charge in [0.25, 0.3) is 42.5 Å². The van der Waals surface area contributed by atoms with E-state index in [0.29, 0.717) is 18.2 Å². The fourth-order valence-corrected chi connectivity index (χ4v) is 7.39. The zero-order valence-corrected chi connectivity index (χ0v) is 32.5. The van der Waals surface area contributed by atoms with Gasteiger partial charge in [0, 0.05) is 16.4 Å². The summed E-state index contributed by atoms with van der Waals surface area (Å²) in [4.78, 5) is 17.5. The van der Waals surface area contributed by atoms with Crippen molar-refractivity contribution in [2.45, 2.75) is 14.7 Å². The minimum Gasteiger partial charge on any atom is -0.493 e. The molecule has 0 aliphatic carbocycles. The number of azo groups is 1. The third-order valence-electron chi connectivity index (χ3n) is 7.45. The average molecular weight is 895 g/mol. The zero-order chi connectivity index (χ0) is 43.5. The van der Waals surface area contributed by atoms with E-state index in [4.69, 9.17) is 5.41 Å². The Morgan fingerprint density at radius 3 is 2.14 bits per heavy atom. The minimum absolute atomic E-state index is 0.0184. The number of hydrogen-bond acceptors (Lipinski definition) is 15. The van der Waals surface area contributed by atoms with Crippen LogP contribution in [0.25, 0.3) is 10.8 Å². The van der Waals surface area contributed by atoms with Gasteiger partial charge in [-0.2, -0.15) is 34.6 Å². The summed E-state index contributed by atoms with van der Waals surface area (Å²) in [5.74, 6) is -0.884. The van der Waals surface area contributed by atoms with E-state index in [1.54, 1.807) is 0 Å². The number of rotatable bonds is 13. The molecule has 310 valence electrons. The van der Waals surface area contributed by atoms with Crippen molar-refractivity contribution in [2.24, 2.45) is 25.2 Å². The Morgan fingerprint density at radius 1 is 0.814 bits per heavy atom. The molecule has 0 aliphatic heterocycles. The summed E-state index contributed by atoms with van der Waals surface area (Å²) in [6.07, 6.45) is -1.16. The normalized spacial score (nSPS) is 13.6. The summed E-state index contributed by atoms with van der Waals surface area (Å²) in [5.41, 5.74) is -1.57. The summed E-state index contributed by atoms with van der Waals surface area (Å²) in [5, 5.41) is 37.1. The molecule has 0 spiro atoms. The number of sulfone groups is 1. The number of nitrogens with zero attached hydrogens (tertiary/aromatic N) is 6. The monoisotopic (exact) mass is 894 g/mol. The van der Waals surface area contributed by atoms with Gasteiger partial charge in [-0.3, -0.25) is 34.0 Å². The predicted molar refractivity (Wildman–Crippen MR) is 206 cm³/mol. The van der Waals surface area contributed by atoms with Crippen LogP contribution in [0.15, 0.2) is 119 Å². The molecule has 5 aromatic rings. The Bertz CT molecular complexity index is 3220. The van der Waals surface area contributed by atoms with E-state index in [9.17, 15) is 61.9 Å². The summed E-state index contributed by atoms with van der Waals surface area (Å²) in [6, 6.07) is 10.6.